The average Bonchev–Trinajstić information content (AvgIpc) is 3.24. The van der Waals surface area contributed by atoms with Crippen molar-refractivity contribution in [3.05, 3.63) is 60.8 Å². The average molecular weight is 880 g/mol. The molecule has 0 radical (unpaired) electrons. The fraction of sp³-hybridized carbons (Fsp3) is 0.760. The third-order valence-electron chi connectivity index (χ3n) is 10.3. The summed E-state index contributed by atoms with van der Waals surface area (Å²) in [6.07, 6.45) is 55.6. The molecule has 3 atom stereocenters. The molecule has 0 amide bonds. The Morgan fingerprint density at radius 2 is 0.951 bits per heavy atom. The zero-order chi connectivity index (χ0) is 44.8. The summed E-state index contributed by atoms with van der Waals surface area (Å²) < 4.78 is 33.4. The summed E-state index contributed by atoms with van der Waals surface area (Å²) in [5.41, 5.74) is 5.37. The van der Waals surface area contributed by atoms with Crippen molar-refractivity contribution in [2.45, 2.75) is 219 Å². The van der Waals surface area contributed by atoms with Crippen LogP contribution in [0.25, 0.3) is 0 Å². The van der Waals surface area contributed by atoms with E-state index in [0.29, 0.717) is 13.0 Å². The molecule has 0 aliphatic carbocycles. The Morgan fingerprint density at radius 1 is 0.541 bits per heavy atom. The largest absolute Gasteiger partial charge is 0.480 e. The van der Waals surface area contributed by atoms with Crippen LogP contribution in [0.15, 0.2) is 60.8 Å². The first-order valence-electron chi connectivity index (χ1n) is 24.3. The van der Waals surface area contributed by atoms with Gasteiger partial charge in [0.1, 0.15) is 12.1 Å². The van der Waals surface area contributed by atoms with Crippen LogP contribution < -0.4 is 5.73 Å². The molecule has 0 aromatic heterocycles. The summed E-state index contributed by atoms with van der Waals surface area (Å²) in [7, 11) is -4.62. The van der Waals surface area contributed by atoms with Crippen LogP contribution >= 0.6 is 7.82 Å². The van der Waals surface area contributed by atoms with E-state index >= 15 is 0 Å². The second kappa shape index (κ2) is 45.7. The molecule has 10 nitrogen and oxygen atoms in total. The number of allylic oxidation sites excluding steroid dienone is 10. The molecule has 0 saturated carbocycles. The number of rotatable bonds is 46. The highest BCUT2D eigenvalue weighted by Crippen LogP contribution is 2.43. The lowest BCUT2D eigenvalue weighted by Gasteiger charge is -2.20. The van der Waals surface area contributed by atoms with Crippen molar-refractivity contribution in [2.24, 2.45) is 5.73 Å². The molecule has 354 valence electrons. The van der Waals surface area contributed by atoms with E-state index in [1.54, 1.807) is 0 Å². The van der Waals surface area contributed by atoms with Gasteiger partial charge in [-0.1, -0.05) is 184 Å². The van der Waals surface area contributed by atoms with E-state index < -0.39 is 45.1 Å². The van der Waals surface area contributed by atoms with E-state index in [1.807, 2.05) is 0 Å². The molecule has 61 heavy (non-hydrogen) atoms. The van der Waals surface area contributed by atoms with Crippen LogP contribution in [0, 0.1) is 0 Å². The van der Waals surface area contributed by atoms with Crippen molar-refractivity contribution < 1.29 is 42.7 Å². The van der Waals surface area contributed by atoms with Crippen LogP contribution in [-0.2, 0) is 32.7 Å². The molecular weight excluding hydrogens is 790 g/mol. The van der Waals surface area contributed by atoms with Gasteiger partial charge in [0.2, 0.25) is 0 Å². The van der Waals surface area contributed by atoms with Gasteiger partial charge in [-0.15, -0.1) is 0 Å². The second-order valence-electron chi connectivity index (χ2n) is 16.2. The van der Waals surface area contributed by atoms with Gasteiger partial charge in [-0.2, -0.15) is 0 Å². The second-order valence-corrected chi connectivity index (χ2v) is 17.7. The molecule has 3 unspecified atom stereocenters. The third-order valence-corrected chi connectivity index (χ3v) is 11.2. The van der Waals surface area contributed by atoms with E-state index in [1.165, 1.54) is 103 Å². The fourth-order valence-corrected chi connectivity index (χ4v) is 7.31. The minimum absolute atomic E-state index is 0.00981. The summed E-state index contributed by atoms with van der Waals surface area (Å²) in [6, 6.07) is -1.48. The van der Waals surface area contributed by atoms with Crippen LogP contribution in [0.4, 0.5) is 0 Å². The smallest absolute Gasteiger partial charge is 0.472 e. The number of phosphoric ester groups is 1. The summed E-state index contributed by atoms with van der Waals surface area (Å²) >= 11 is 0. The molecule has 0 aliphatic rings. The van der Waals surface area contributed by atoms with E-state index in [2.05, 4.69) is 74.6 Å². The van der Waals surface area contributed by atoms with Gasteiger partial charge in [0.05, 0.1) is 19.8 Å². The molecule has 11 heteroatoms. The number of hydrogen-bond acceptors (Lipinski definition) is 8. The van der Waals surface area contributed by atoms with Crippen LogP contribution in [0.1, 0.15) is 206 Å². The molecule has 0 rings (SSSR count). The Morgan fingerprint density at radius 3 is 1.44 bits per heavy atom. The molecule has 0 bridgehead atoms. The molecule has 0 aromatic rings. The normalized spacial score (nSPS) is 14.3. The first-order valence-corrected chi connectivity index (χ1v) is 25.8. The number of ether oxygens (including phenoxy) is 2. The quantitative estimate of drug-likeness (QED) is 0.0233. The standard InChI is InChI=1S/C50H90NO9P/c1-3-5-7-9-11-13-15-17-19-21-22-23-24-25-26-27-28-30-32-34-36-38-40-42-49(52)60-47(45-58-61(55,56)59-46-48(51)50(53)54)44-57-43-41-39-37-35-33-31-29-20-18-16-14-12-10-8-6-4-2/h5,7,11,13,17-20,22-23,47-48H,3-4,6,8-10,12,14-16,21,24-46,51H2,1-2H3,(H,53,54)(H,55,56)/b7-5-,13-11-,19-17-,20-18-,23-22-. The lowest BCUT2D eigenvalue weighted by Crippen LogP contribution is -2.34. The summed E-state index contributed by atoms with van der Waals surface area (Å²) in [6.45, 7) is 3.76. The minimum Gasteiger partial charge on any atom is -0.480 e. The Labute approximate surface area is 372 Å². The van der Waals surface area contributed by atoms with Gasteiger partial charge in [0.25, 0.3) is 0 Å². The third kappa shape index (κ3) is 45.5. The highest BCUT2D eigenvalue weighted by molar-refractivity contribution is 7.47. The Hall–Kier alpha value is -2.33. The zero-order valence-corrected chi connectivity index (χ0v) is 39.6. The number of unbranched alkanes of at least 4 members (excludes halogenated alkanes) is 22. The molecule has 4 N–H and O–H groups in total. The lowest BCUT2D eigenvalue weighted by atomic mass is 10.0. The van der Waals surface area contributed by atoms with Crippen molar-refractivity contribution in [1.29, 1.82) is 0 Å². The molecule has 0 aromatic carbocycles. The Bertz CT molecular complexity index is 1200. The van der Waals surface area contributed by atoms with Crippen LogP contribution in [-0.4, -0.2) is 60.5 Å². The summed E-state index contributed by atoms with van der Waals surface area (Å²) in [5, 5.41) is 8.92. The van der Waals surface area contributed by atoms with Crippen LogP contribution in [0.3, 0.4) is 0 Å². The number of carboxylic acids is 1. The molecule has 0 saturated heterocycles. The SMILES string of the molecule is CC/C=C\C/C=C\C/C=C\C/C=C\CCCCCCCCCCCCC(=O)OC(COCCCCCCCC/C=C\CCCCCCCC)COP(=O)(O)OCC(N)C(=O)O. The van der Waals surface area contributed by atoms with Crippen molar-refractivity contribution in [3.8, 4) is 0 Å². The first-order chi connectivity index (χ1) is 29.7. The van der Waals surface area contributed by atoms with Crippen molar-refractivity contribution >= 4 is 19.8 Å². The van der Waals surface area contributed by atoms with Gasteiger partial charge in [-0.05, 0) is 77.0 Å². The van der Waals surface area contributed by atoms with Gasteiger partial charge < -0.3 is 25.2 Å². The Balaban J connectivity index is 4.17. The van der Waals surface area contributed by atoms with E-state index in [0.717, 1.165) is 77.0 Å². The Kier molecular flexibility index (Phi) is 43.9. The van der Waals surface area contributed by atoms with Crippen molar-refractivity contribution in [3.63, 3.8) is 0 Å². The number of aliphatic carboxylic acids is 1. The molecule has 0 aliphatic heterocycles. The number of hydrogen-bond donors (Lipinski definition) is 3. The zero-order valence-electron chi connectivity index (χ0n) is 38.7. The van der Waals surface area contributed by atoms with Gasteiger partial charge in [0, 0.05) is 13.0 Å². The predicted molar refractivity (Wildman–Crippen MR) is 254 cm³/mol. The number of nitrogens with two attached hydrogens (primary N) is 1. The van der Waals surface area contributed by atoms with Gasteiger partial charge in [-0.3, -0.25) is 18.6 Å². The number of carbonyl (C=O) groups excluding carboxylic acids is 1. The lowest BCUT2D eigenvalue weighted by molar-refractivity contribution is -0.154. The maximum Gasteiger partial charge on any atom is 0.472 e. The van der Waals surface area contributed by atoms with Crippen LogP contribution in [0.5, 0.6) is 0 Å². The minimum atomic E-state index is -4.62. The molecule has 0 fully saturated rings. The van der Waals surface area contributed by atoms with Crippen molar-refractivity contribution in [1.82, 2.24) is 0 Å². The van der Waals surface area contributed by atoms with Gasteiger partial charge in [-0.25, -0.2) is 4.57 Å². The van der Waals surface area contributed by atoms with Gasteiger partial charge >= 0.3 is 19.8 Å². The highest BCUT2D eigenvalue weighted by Gasteiger charge is 2.27. The molecule has 0 spiro atoms. The monoisotopic (exact) mass is 880 g/mol. The van der Waals surface area contributed by atoms with Crippen molar-refractivity contribution in [2.75, 3.05) is 26.4 Å². The van der Waals surface area contributed by atoms with Crippen LogP contribution in [0.2, 0.25) is 0 Å². The summed E-state index contributed by atoms with van der Waals surface area (Å²) in [5.74, 6) is -1.78. The number of esters is 1. The maximum atomic E-state index is 12.7. The summed E-state index contributed by atoms with van der Waals surface area (Å²) in [4.78, 5) is 33.6. The van der Waals surface area contributed by atoms with E-state index in [-0.39, 0.29) is 13.0 Å². The maximum absolute atomic E-state index is 12.7. The molecular formula is C50H90NO9P. The highest BCUT2D eigenvalue weighted by atomic mass is 31.2. The molecule has 0 heterocycles. The topological polar surface area (TPSA) is 155 Å². The van der Waals surface area contributed by atoms with E-state index in [9.17, 15) is 19.0 Å². The first kappa shape index (κ1) is 58.7. The predicted octanol–water partition coefficient (Wildman–Crippen LogP) is 14.0. The number of carbonyl (C=O) groups is 2. The van der Waals surface area contributed by atoms with E-state index in [4.69, 9.17) is 29.4 Å². The fourth-order valence-electron chi connectivity index (χ4n) is 6.53. The number of carboxylic acid groups (broad SMARTS) is 1. The number of phosphoric acid groups is 1. The van der Waals surface area contributed by atoms with Gasteiger partial charge in [0.15, 0.2) is 0 Å².